The highest BCUT2D eigenvalue weighted by molar-refractivity contribution is 9.11. The molecule has 0 fully saturated rings. The summed E-state index contributed by atoms with van der Waals surface area (Å²) in [6, 6.07) is 9.86. The molecule has 1 aromatic carbocycles. The molecule has 0 aliphatic heterocycles. The van der Waals surface area contributed by atoms with Gasteiger partial charge in [-0.25, -0.2) is 0 Å². The first-order chi connectivity index (χ1) is 9.16. The van der Waals surface area contributed by atoms with E-state index in [1.165, 1.54) is 0 Å². The average Bonchev–Trinajstić information content (AvgIpc) is 2.96. The maximum atomic E-state index is 5.95. The molecule has 0 amide bonds. The van der Waals surface area contributed by atoms with Gasteiger partial charge in [-0.1, -0.05) is 39.3 Å². The van der Waals surface area contributed by atoms with Crippen molar-refractivity contribution in [2.75, 3.05) is 5.73 Å². The van der Waals surface area contributed by atoms with Gasteiger partial charge in [-0.05, 0) is 28.1 Å². The highest BCUT2D eigenvalue weighted by Gasteiger charge is 2.20. The molecule has 0 saturated heterocycles. The van der Waals surface area contributed by atoms with Crippen molar-refractivity contribution in [2.45, 2.75) is 0 Å². The van der Waals surface area contributed by atoms with Crippen molar-refractivity contribution >= 4 is 49.0 Å². The summed E-state index contributed by atoms with van der Waals surface area (Å²) in [6.07, 6.45) is 0. The number of nitrogen functional groups attached to an aromatic ring is 1. The van der Waals surface area contributed by atoms with Crippen LogP contribution < -0.4 is 5.73 Å². The molecule has 3 nitrogen and oxygen atoms in total. The highest BCUT2D eigenvalue weighted by atomic mass is 79.9. The SMILES string of the molecule is Nc1noc(-c2csc(Br)c2)c1-c1ccccc1Br. The van der Waals surface area contributed by atoms with Crippen LogP contribution in [0.1, 0.15) is 0 Å². The number of benzene rings is 1. The fraction of sp³-hybridized carbons (Fsp3) is 0. The number of hydrogen-bond acceptors (Lipinski definition) is 4. The molecule has 3 aromatic rings. The quantitative estimate of drug-likeness (QED) is 0.645. The topological polar surface area (TPSA) is 52.0 Å². The van der Waals surface area contributed by atoms with Crippen LogP contribution in [0, 0.1) is 0 Å². The third-order valence-corrected chi connectivity index (χ3v) is 4.89. The van der Waals surface area contributed by atoms with Crippen LogP contribution in [-0.2, 0) is 0 Å². The summed E-state index contributed by atoms with van der Waals surface area (Å²) in [6.45, 7) is 0. The predicted octanol–water partition coefficient (Wildman–Crippen LogP) is 5.18. The van der Waals surface area contributed by atoms with E-state index in [9.17, 15) is 0 Å². The first-order valence-corrected chi connectivity index (χ1v) is 7.88. The lowest BCUT2D eigenvalue weighted by atomic mass is 10.0. The number of nitrogens with zero attached hydrogens (tertiary/aromatic N) is 1. The maximum Gasteiger partial charge on any atom is 0.177 e. The lowest BCUT2D eigenvalue weighted by Gasteiger charge is -2.03. The Bertz CT molecular complexity index is 736. The molecule has 2 aromatic heterocycles. The molecule has 0 aliphatic carbocycles. The monoisotopic (exact) mass is 398 g/mol. The number of halogens is 2. The molecular weight excluding hydrogens is 392 g/mol. The van der Waals surface area contributed by atoms with E-state index in [0.29, 0.717) is 11.6 Å². The van der Waals surface area contributed by atoms with E-state index in [1.807, 2.05) is 35.7 Å². The van der Waals surface area contributed by atoms with Crippen LogP contribution in [0.25, 0.3) is 22.5 Å². The smallest absolute Gasteiger partial charge is 0.177 e. The zero-order chi connectivity index (χ0) is 13.4. The lowest BCUT2D eigenvalue weighted by molar-refractivity contribution is 0.436. The van der Waals surface area contributed by atoms with Crippen LogP contribution >= 0.6 is 43.2 Å². The number of rotatable bonds is 2. The standard InChI is InChI=1S/C13H8Br2N2OS/c14-9-4-2-1-3-8(9)11-12(18-17-13(11)16)7-5-10(15)19-6-7/h1-6H,(H2,16,17). The van der Waals surface area contributed by atoms with Crippen LogP contribution in [-0.4, -0.2) is 5.16 Å². The van der Waals surface area contributed by atoms with Gasteiger partial charge in [0.1, 0.15) is 0 Å². The summed E-state index contributed by atoms with van der Waals surface area (Å²) < 4.78 is 7.39. The van der Waals surface area contributed by atoms with Gasteiger partial charge < -0.3 is 10.3 Å². The Kier molecular flexibility index (Phi) is 3.47. The molecule has 96 valence electrons. The minimum Gasteiger partial charge on any atom is -0.380 e. The molecule has 2 heterocycles. The van der Waals surface area contributed by atoms with E-state index in [1.54, 1.807) is 11.3 Å². The Balaban J connectivity index is 2.22. The van der Waals surface area contributed by atoms with E-state index in [-0.39, 0.29) is 0 Å². The number of anilines is 1. The van der Waals surface area contributed by atoms with Crippen molar-refractivity contribution in [1.29, 1.82) is 0 Å². The molecule has 0 saturated carbocycles. The third kappa shape index (κ3) is 2.35. The van der Waals surface area contributed by atoms with Crippen molar-refractivity contribution in [1.82, 2.24) is 5.16 Å². The Morgan fingerprint density at radius 3 is 2.68 bits per heavy atom. The summed E-state index contributed by atoms with van der Waals surface area (Å²) in [5, 5.41) is 5.90. The first kappa shape index (κ1) is 12.9. The molecule has 6 heteroatoms. The normalized spacial score (nSPS) is 10.8. The van der Waals surface area contributed by atoms with Crippen molar-refractivity contribution in [3.8, 4) is 22.5 Å². The molecule has 2 N–H and O–H groups in total. The van der Waals surface area contributed by atoms with E-state index in [2.05, 4.69) is 37.0 Å². The Hall–Kier alpha value is -1.11. The van der Waals surface area contributed by atoms with E-state index < -0.39 is 0 Å². The summed E-state index contributed by atoms with van der Waals surface area (Å²) in [5.74, 6) is 1.08. The number of hydrogen-bond donors (Lipinski definition) is 1. The van der Waals surface area contributed by atoms with Gasteiger partial charge >= 0.3 is 0 Å². The van der Waals surface area contributed by atoms with E-state index >= 15 is 0 Å². The summed E-state index contributed by atoms with van der Waals surface area (Å²) in [5.41, 5.74) is 8.71. The zero-order valence-corrected chi connectivity index (χ0v) is 13.5. The lowest BCUT2D eigenvalue weighted by Crippen LogP contribution is -1.89. The summed E-state index contributed by atoms with van der Waals surface area (Å²) in [4.78, 5) is 0. The molecule has 0 aliphatic rings. The van der Waals surface area contributed by atoms with Crippen LogP contribution in [0.4, 0.5) is 5.82 Å². The van der Waals surface area contributed by atoms with Crippen LogP contribution in [0.15, 0.2) is 48.5 Å². The number of aromatic nitrogens is 1. The number of thiophene rings is 1. The maximum absolute atomic E-state index is 5.95. The zero-order valence-electron chi connectivity index (χ0n) is 9.56. The van der Waals surface area contributed by atoms with Gasteiger partial charge in [-0.15, -0.1) is 11.3 Å². The Morgan fingerprint density at radius 2 is 2.00 bits per heavy atom. The van der Waals surface area contributed by atoms with Gasteiger partial charge in [0.2, 0.25) is 0 Å². The van der Waals surface area contributed by atoms with Gasteiger partial charge in [0, 0.05) is 21.0 Å². The molecule has 0 radical (unpaired) electrons. The second kappa shape index (κ2) is 5.11. The molecule has 0 atom stereocenters. The molecule has 3 rings (SSSR count). The Morgan fingerprint density at radius 1 is 1.21 bits per heavy atom. The molecule has 0 bridgehead atoms. The second-order valence-electron chi connectivity index (χ2n) is 3.89. The average molecular weight is 400 g/mol. The van der Waals surface area contributed by atoms with Crippen LogP contribution in [0.2, 0.25) is 0 Å². The molecular formula is C13H8Br2N2OS. The fourth-order valence-corrected chi connectivity index (χ4v) is 3.47. The number of nitrogens with two attached hydrogens (primary N) is 1. The van der Waals surface area contributed by atoms with Gasteiger partial charge in [-0.3, -0.25) is 0 Å². The van der Waals surface area contributed by atoms with Crippen LogP contribution in [0.3, 0.4) is 0 Å². The molecule has 19 heavy (non-hydrogen) atoms. The predicted molar refractivity (Wildman–Crippen MR) is 85.1 cm³/mol. The van der Waals surface area contributed by atoms with Gasteiger partial charge in [0.05, 0.1) is 9.35 Å². The minimum absolute atomic E-state index is 0.393. The summed E-state index contributed by atoms with van der Waals surface area (Å²) in [7, 11) is 0. The third-order valence-electron chi connectivity index (χ3n) is 2.69. The van der Waals surface area contributed by atoms with Crippen LogP contribution in [0.5, 0.6) is 0 Å². The van der Waals surface area contributed by atoms with Gasteiger partial charge in [0.15, 0.2) is 11.6 Å². The Labute approximate surface area is 130 Å². The van der Waals surface area contributed by atoms with E-state index in [4.69, 9.17) is 10.3 Å². The largest absolute Gasteiger partial charge is 0.380 e. The second-order valence-corrected chi connectivity index (χ2v) is 7.04. The van der Waals surface area contributed by atoms with Gasteiger partial charge in [-0.2, -0.15) is 0 Å². The molecule has 0 spiro atoms. The van der Waals surface area contributed by atoms with Crippen molar-refractivity contribution in [3.63, 3.8) is 0 Å². The fourth-order valence-electron chi connectivity index (χ4n) is 1.85. The van der Waals surface area contributed by atoms with E-state index in [0.717, 1.165) is 24.9 Å². The first-order valence-electron chi connectivity index (χ1n) is 5.41. The minimum atomic E-state index is 0.393. The van der Waals surface area contributed by atoms with Gasteiger partial charge in [0.25, 0.3) is 0 Å². The summed E-state index contributed by atoms with van der Waals surface area (Å²) >= 11 is 8.57. The van der Waals surface area contributed by atoms with Crippen molar-refractivity contribution in [2.24, 2.45) is 0 Å². The van der Waals surface area contributed by atoms with Crippen molar-refractivity contribution < 1.29 is 4.52 Å². The van der Waals surface area contributed by atoms with Crippen molar-refractivity contribution in [3.05, 3.63) is 44.0 Å². The highest BCUT2D eigenvalue weighted by Crippen LogP contribution is 2.41. The molecule has 0 unspecified atom stereocenters.